The highest BCUT2D eigenvalue weighted by Crippen LogP contribution is 2.24. The van der Waals surface area contributed by atoms with Crippen LogP contribution in [0.3, 0.4) is 0 Å². The van der Waals surface area contributed by atoms with Crippen molar-refractivity contribution in [1.29, 1.82) is 0 Å². The number of nitrogens with two attached hydrogens (primary N) is 1. The normalized spacial score (nSPS) is 10.3. The van der Waals surface area contributed by atoms with Crippen LogP contribution in [0.1, 0.15) is 5.56 Å². The summed E-state index contributed by atoms with van der Waals surface area (Å²) in [5.41, 5.74) is 6.37. The van der Waals surface area contributed by atoms with Crippen LogP contribution < -0.4 is 10.5 Å². The number of pyridine rings is 1. The highest BCUT2D eigenvalue weighted by Gasteiger charge is 2.02. The van der Waals surface area contributed by atoms with Gasteiger partial charge in [0.2, 0.25) is 5.88 Å². The number of benzene rings is 1. The molecule has 3 nitrogen and oxygen atoms in total. The van der Waals surface area contributed by atoms with E-state index < -0.39 is 0 Å². The Hall–Kier alpha value is -1.46. The van der Waals surface area contributed by atoms with Crippen LogP contribution in [0, 0.1) is 5.82 Å². The summed E-state index contributed by atoms with van der Waals surface area (Å²) in [5, 5.41) is 0. The SMILES string of the molecule is NCc1ccc(Oc2cc(F)cc(Br)c2)nc1. The van der Waals surface area contributed by atoms with Gasteiger partial charge in [-0.15, -0.1) is 0 Å². The molecule has 17 heavy (non-hydrogen) atoms. The van der Waals surface area contributed by atoms with E-state index in [1.807, 2.05) is 6.07 Å². The number of hydrogen-bond acceptors (Lipinski definition) is 3. The van der Waals surface area contributed by atoms with Crippen LogP contribution in [-0.4, -0.2) is 4.98 Å². The number of nitrogens with zero attached hydrogens (tertiary/aromatic N) is 1. The maximum Gasteiger partial charge on any atom is 0.219 e. The number of rotatable bonds is 3. The smallest absolute Gasteiger partial charge is 0.219 e. The molecule has 88 valence electrons. The molecule has 0 unspecified atom stereocenters. The molecule has 1 aromatic heterocycles. The van der Waals surface area contributed by atoms with Gasteiger partial charge in [-0.05, 0) is 17.7 Å². The Morgan fingerprint density at radius 1 is 1.29 bits per heavy atom. The van der Waals surface area contributed by atoms with Gasteiger partial charge in [-0.3, -0.25) is 0 Å². The maximum atomic E-state index is 13.1. The summed E-state index contributed by atoms with van der Waals surface area (Å²) in [7, 11) is 0. The van der Waals surface area contributed by atoms with Crippen molar-refractivity contribution in [2.75, 3.05) is 0 Å². The third kappa shape index (κ3) is 3.25. The summed E-state index contributed by atoms with van der Waals surface area (Å²) in [6, 6.07) is 7.83. The molecule has 0 amide bonds. The minimum absolute atomic E-state index is 0.368. The molecule has 0 aliphatic rings. The second kappa shape index (κ2) is 5.25. The van der Waals surface area contributed by atoms with E-state index >= 15 is 0 Å². The second-order valence-electron chi connectivity index (χ2n) is 3.42. The molecule has 0 aliphatic heterocycles. The van der Waals surface area contributed by atoms with Crippen molar-refractivity contribution in [3.63, 3.8) is 0 Å². The average molecular weight is 297 g/mol. The van der Waals surface area contributed by atoms with Crippen molar-refractivity contribution in [3.8, 4) is 11.6 Å². The quantitative estimate of drug-likeness (QED) is 0.946. The minimum Gasteiger partial charge on any atom is -0.439 e. The molecular formula is C12H10BrFN2O. The lowest BCUT2D eigenvalue weighted by molar-refractivity contribution is 0.457. The fraction of sp³-hybridized carbons (Fsp3) is 0.0833. The molecule has 0 saturated heterocycles. The number of hydrogen-bond donors (Lipinski definition) is 1. The average Bonchev–Trinajstić information content (AvgIpc) is 2.28. The summed E-state index contributed by atoms with van der Waals surface area (Å²) in [5.74, 6) is 0.428. The molecule has 0 atom stereocenters. The predicted octanol–water partition coefficient (Wildman–Crippen LogP) is 3.23. The Bertz CT molecular complexity index is 496. The molecule has 2 rings (SSSR count). The monoisotopic (exact) mass is 296 g/mol. The van der Waals surface area contributed by atoms with Gasteiger partial charge in [0.1, 0.15) is 11.6 Å². The van der Waals surface area contributed by atoms with Gasteiger partial charge in [-0.1, -0.05) is 22.0 Å². The van der Waals surface area contributed by atoms with E-state index in [0.29, 0.717) is 22.6 Å². The van der Waals surface area contributed by atoms with E-state index in [0.717, 1.165) is 5.56 Å². The molecule has 0 fully saturated rings. The van der Waals surface area contributed by atoms with Gasteiger partial charge >= 0.3 is 0 Å². The highest BCUT2D eigenvalue weighted by atomic mass is 79.9. The lowest BCUT2D eigenvalue weighted by Crippen LogP contribution is -1.97. The summed E-state index contributed by atoms with van der Waals surface area (Å²) in [4.78, 5) is 4.06. The van der Waals surface area contributed by atoms with Gasteiger partial charge in [0, 0.05) is 29.3 Å². The van der Waals surface area contributed by atoms with Gasteiger partial charge in [0.25, 0.3) is 0 Å². The van der Waals surface area contributed by atoms with E-state index in [-0.39, 0.29) is 5.82 Å². The van der Waals surface area contributed by atoms with Crippen molar-refractivity contribution in [3.05, 3.63) is 52.4 Å². The Balaban J connectivity index is 2.19. The third-order valence-corrected chi connectivity index (χ3v) is 2.55. The van der Waals surface area contributed by atoms with Crippen molar-refractivity contribution >= 4 is 15.9 Å². The molecule has 0 aliphatic carbocycles. The number of halogens is 2. The Morgan fingerprint density at radius 2 is 2.12 bits per heavy atom. The molecule has 1 heterocycles. The van der Waals surface area contributed by atoms with Crippen molar-refractivity contribution < 1.29 is 9.13 Å². The summed E-state index contributed by atoms with van der Waals surface area (Å²) >= 11 is 3.19. The Kier molecular flexibility index (Phi) is 3.71. The van der Waals surface area contributed by atoms with Crippen molar-refractivity contribution in [2.45, 2.75) is 6.54 Å². The van der Waals surface area contributed by atoms with E-state index in [9.17, 15) is 4.39 Å². The maximum absolute atomic E-state index is 13.1. The van der Waals surface area contributed by atoms with Gasteiger partial charge in [-0.25, -0.2) is 9.37 Å². The first-order valence-electron chi connectivity index (χ1n) is 4.96. The van der Waals surface area contributed by atoms with E-state index in [2.05, 4.69) is 20.9 Å². The van der Waals surface area contributed by atoms with Gasteiger partial charge < -0.3 is 10.5 Å². The summed E-state index contributed by atoms with van der Waals surface area (Å²) < 4.78 is 19.1. The van der Waals surface area contributed by atoms with E-state index in [1.54, 1.807) is 18.3 Å². The van der Waals surface area contributed by atoms with Crippen LogP contribution in [0.5, 0.6) is 11.6 Å². The first-order valence-corrected chi connectivity index (χ1v) is 5.75. The first-order chi connectivity index (χ1) is 8.17. The molecule has 0 spiro atoms. The molecule has 2 N–H and O–H groups in total. The lowest BCUT2D eigenvalue weighted by Gasteiger charge is -2.05. The molecule has 1 aromatic carbocycles. The Labute approximate surface area is 107 Å². The van der Waals surface area contributed by atoms with Gasteiger partial charge in [0.05, 0.1) is 0 Å². The Morgan fingerprint density at radius 3 is 2.71 bits per heavy atom. The van der Waals surface area contributed by atoms with Gasteiger partial charge in [-0.2, -0.15) is 0 Å². The van der Waals surface area contributed by atoms with Crippen LogP contribution in [0.25, 0.3) is 0 Å². The zero-order valence-corrected chi connectivity index (χ0v) is 10.4. The van der Waals surface area contributed by atoms with Crippen LogP contribution >= 0.6 is 15.9 Å². The fourth-order valence-corrected chi connectivity index (χ4v) is 1.74. The van der Waals surface area contributed by atoms with Crippen LogP contribution in [0.2, 0.25) is 0 Å². The van der Waals surface area contributed by atoms with Gasteiger partial charge in [0.15, 0.2) is 0 Å². The number of ether oxygens (including phenoxy) is 1. The van der Waals surface area contributed by atoms with Crippen molar-refractivity contribution in [1.82, 2.24) is 4.98 Å². The van der Waals surface area contributed by atoms with Crippen LogP contribution in [0.15, 0.2) is 41.0 Å². The van der Waals surface area contributed by atoms with Crippen LogP contribution in [-0.2, 0) is 6.54 Å². The second-order valence-corrected chi connectivity index (χ2v) is 4.33. The fourth-order valence-electron chi connectivity index (χ4n) is 1.30. The molecule has 0 saturated carbocycles. The minimum atomic E-state index is -0.368. The molecule has 5 heteroatoms. The summed E-state index contributed by atoms with van der Waals surface area (Å²) in [6.07, 6.45) is 1.63. The third-order valence-electron chi connectivity index (χ3n) is 2.09. The largest absolute Gasteiger partial charge is 0.439 e. The first kappa shape index (κ1) is 12.0. The number of aromatic nitrogens is 1. The predicted molar refractivity (Wildman–Crippen MR) is 66.3 cm³/mol. The van der Waals surface area contributed by atoms with E-state index in [4.69, 9.17) is 10.5 Å². The van der Waals surface area contributed by atoms with Crippen molar-refractivity contribution in [2.24, 2.45) is 5.73 Å². The molecular weight excluding hydrogens is 287 g/mol. The van der Waals surface area contributed by atoms with Crippen LogP contribution in [0.4, 0.5) is 4.39 Å². The molecule has 2 aromatic rings. The summed E-state index contributed by atoms with van der Waals surface area (Å²) in [6.45, 7) is 0.429. The molecule has 0 radical (unpaired) electrons. The zero-order valence-electron chi connectivity index (χ0n) is 8.86. The highest BCUT2D eigenvalue weighted by molar-refractivity contribution is 9.10. The zero-order chi connectivity index (χ0) is 12.3. The molecule has 0 bridgehead atoms. The lowest BCUT2D eigenvalue weighted by atomic mass is 10.3. The topological polar surface area (TPSA) is 48.1 Å². The standard InChI is InChI=1S/C12H10BrFN2O/c13-9-3-10(14)5-11(4-9)17-12-2-1-8(6-15)7-16-12/h1-5,7H,6,15H2. The van der Waals surface area contributed by atoms with E-state index in [1.165, 1.54) is 12.1 Å².